The van der Waals surface area contributed by atoms with Gasteiger partial charge in [0.2, 0.25) is 0 Å². The molecule has 2 saturated carbocycles. The number of carbonyl (C=O) groups is 1. The lowest BCUT2D eigenvalue weighted by Gasteiger charge is -2.55. The molecule has 2 aromatic rings. The molecule has 4 atom stereocenters. The van der Waals surface area contributed by atoms with Crippen LogP contribution in [0.15, 0.2) is 35.2 Å². The van der Waals surface area contributed by atoms with Crippen molar-refractivity contribution in [3.63, 3.8) is 0 Å². The van der Waals surface area contributed by atoms with Crippen molar-refractivity contribution in [1.82, 2.24) is 0 Å². The molecular formula is C22H21ClF3NO5S. The Morgan fingerprint density at radius 1 is 1.12 bits per heavy atom. The average Bonchev–Trinajstić information content (AvgIpc) is 2.76. The van der Waals surface area contributed by atoms with Gasteiger partial charge in [-0.15, -0.1) is 0 Å². The second-order valence-corrected chi connectivity index (χ2v) is 11.3. The standard InChI is InChI=1S/C22H21ClF3NO5S/c23-16-2-1-11(21(29)27-14-5-17(24)20(26)18(25)6-14)4-19(16)33(31,32)9-15-12-3-13(15)8-22(30,7-12)10-28/h1-2,4-6,12-13,15,28,30H,3,7-10H2,(H,27,29)/t12-,13?,15+,22+/m0/s1. The third kappa shape index (κ3) is 4.62. The fourth-order valence-corrected chi connectivity index (χ4v) is 7.29. The Kier molecular flexibility index (Phi) is 6.24. The first-order valence-corrected chi connectivity index (χ1v) is 12.3. The van der Waals surface area contributed by atoms with Crippen LogP contribution in [0.2, 0.25) is 5.02 Å². The summed E-state index contributed by atoms with van der Waals surface area (Å²) in [4.78, 5) is 12.3. The van der Waals surface area contributed by atoms with Gasteiger partial charge in [0.25, 0.3) is 5.91 Å². The predicted octanol–water partition coefficient (Wildman–Crippen LogP) is 3.55. The van der Waals surface area contributed by atoms with Crippen molar-refractivity contribution in [3.05, 3.63) is 58.4 Å². The second-order valence-electron chi connectivity index (χ2n) is 8.85. The Labute approximate surface area is 193 Å². The number of anilines is 1. The molecule has 6 nitrogen and oxygen atoms in total. The third-order valence-electron chi connectivity index (χ3n) is 6.58. The highest BCUT2D eigenvalue weighted by Crippen LogP contribution is 2.54. The third-order valence-corrected chi connectivity index (χ3v) is 8.85. The van der Waals surface area contributed by atoms with Crippen LogP contribution >= 0.6 is 11.6 Å². The maximum atomic E-state index is 13.4. The van der Waals surface area contributed by atoms with Gasteiger partial charge in [-0.3, -0.25) is 4.79 Å². The van der Waals surface area contributed by atoms with Crippen LogP contribution in [-0.2, 0) is 9.84 Å². The van der Waals surface area contributed by atoms with Crippen LogP contribution in [0.3, 0.4) is 0 Å². The number of halogens is 4. The largest absolute Gasteiger partial charge is 0.393 e. The zero-order valence-corrected chi connectivity index (χ0v) is 18.8. The smallest absolute Gasteiger partial charge is 0.255 e. The van der Waals surface area contributed by atoms with Gasteiger partial charge in [-0.05, 0) is 55.2 Å². The van der Waals surface area contributed by atoms with Gasteiger partial charge in [-0.25, -0.2) is 21.6 Å². The summed E-state index contributed by atoms with van der Waals surface area (Å²) in [5.74, 6) is -5.99. The topological polar surface area (TPSA) is 104 Å². The number of aliphatic hydroxyl groups excluding tert-OH is 1. The Bertz CT molecular complexity index is 1190. The first kappa shape index (κ1) is 24.0. The van der Waals surface area contributed by atoms with Crippen molar-refractivity contribution in [2.45, 2.75) is 29.8 Å². The second kappa shape index (κ2) is 8.57. The number of amides is 1. The summed E-state index contributed by atoms with van der Waals surface area (Å²) >= 11 is 6.11. The first-order chi connectivity index (χ1) is 15.4. The molecule has 33 heavy (non-hydrogen) atoms. The van der Waals surface area contributed by atoms with Crippen LogP contribution in [-0.4, -0.2) is 42.5 Å². The van der Waals surface area contributed by atoms with E-state index < -0.39 is 38.8 Å². The fourth-order valence-electron chi connectivity index (χ4n) is 4.91. The molecular weight excluding hydrogens is 483 g/mol. The number of rotatable bonds is 6. The van der Waals surface area contributed by atoms with Crippen molar-refractivity contribution in [3.8, 4) is 0 Å². The van der Waals surface area contributed by atoms with Crippen LogP contribution in [0.1, 0.15) is 29.6 Å². The lowest BCUT2D eigenvalue weighted by molar-refractivity contribution is -0.139. The molecule has 1 unspecified atom stereocenters. The Morgan fingerprint density at radius 3 is 2.30 bits per heavy atom. The number of aliphatic hydroxyl groups is 2. The highest BCUT2D eigenvalue weighted by molar-refractivity contribution is 7.91. The molecule has 2 aliphatic rings. The molecule has 4 rings (SSSR count). The molecule has 2 bridgehead atoms. The molecule has 0 saturated heterocycles. The summed E-state index contributed by atoms with van der Waals surface area (Å²) in [5, 5.41) is 21.8. The van der Waals surface area contributed by atoms with Crippen molar-refractivity contribution in [2.75, 3.05) is 17.7 Å². The molecule has 178 valence electrons. The summed E-state index contributed by atoms with van der Waals surface area (Å²) in [6, 6.07) is 4.79. The summed E-state index contributed by atoms with van der Waals surface area (Å²) in [5.41, 5.74) is -1.64. The van der Waals surface area contributed by atoms with Gasteiger partial charge in [-0.2, -0.15) is 0 Å². The number of sulfone groups is 1. The molecule has 3 N–H and O–H groups in total. The van der Waals surface area contributed by atoms with E-state index in [0.29, 0.717) is 25.0 Å². The lowest BCUT2D eigenvalue weighted by atomic mass is 9.53. The maximum absolute atomic E-state index is 13.4. The van der Waals surface area contributed by atoms with Crippen LogP contribution in [0.5, 0.6) is 0 Å². The lowest BCUT2D eigenvalue weighted by Crippen LogP contribution is -2.55. The zero-order valence-electron chi connectivity index (χ0n) is 17.2. The van der Waals surface area contributed by atoms with Crippen molar-refractivity contribution in [2.24, 2.45) is 17.8 Å². The van der Waals surface area contributed by atoms with Gasteiger partial charge in [0.05, 0.1) is 27.9 Å². The molecule has 0 aromatic heterocycles. The number of hydrogen-bond donors (Lipinski definition) is 3. The van der Waals surface area contributed by atoms with E-state index in [2.05, 4.69) is 5.32 Å². The van der Waals surface area contributed by atoms with Crippen molar-refractivity contribution >= 4 is 33.0 Å². The Balaban J connectivity index is 1.53. The summed E-state index contributed by atoms with van der Waals surface area (Å²) < 4.78 is 66.1. The monoisotopic (exact) mass is 503 g/mol. The molecule has 0 spiro atoms. The highest BCUT2D eigenvalue weighted by atomic mass is 35.5. The quantitative estimate of drug-likeness (QED) is 0.523. The summed E-state index contributed by atoms with van der Waals surface area (Å²) in [6.45, 7) is -0.371. The molecule has 1 amide bonds. The minimum atomic E-state index is -3.91. The molecule has 2 aromatic carbocycles. The predicted molar refractivity (Wildman–Crippen MR) is 114 cm³/mol. The van der Waals surface area contributed by atoms with E-state index in [0.717, 1.165) is 12.5 Å². The highest BCUT2D eigenvalue weighted by Gasteiger charge is 2.53. The Hall–Kier alpha value is -2.14. The maximum Gasteiger partial charge on any atom is 0.255 e. The van der Waals surface area contributed by atoms with Gasteiger partial charge in [0, 0.05) is 23.4 Å². The fraction of sp³-hybridized carbons (Fsp3) is 0.409. The molecule has 0 heterocycles. The number of fused-ring (bicyclic) bond motifs is 2. The van der Waals surface area contributed by atoms with E-state index in [-0.39, 0.29) is 51.3 Å². The molecule has 2 fully saturated rings. The van der Waals surface area contributed by atoms with Crippen LogP contribution in [0.4, 0.5) is 18.9 Å². The SMILES string of the molecule is O=C(Nc1cc(F)c(F)c(F)c1)c1ccc(Cl)c(S(=O)(=O)C[C@H]2C3C[C@H]2C[C@](O)(CO)C3)c1. The summed E-state index contributed by atoms with van der Waals surface area (Å²) in [7, 11) is -3.91. The average molecular weight is 504 g/mol. The number of hydrogen-bond acceptors (Lipinski definition) is 5. The van der Waals surface area contributed by atoms with Crippen LogP contribution in [0, 0.1) is 35.2 Å². The van der Waals surface area contributed by atoms with Crippen molar-refractivity contribution < 1.29 is 36.6 Å². The van der Waals surface area contributed by atoms with Crippen LogP contribution in [0.25, 0.3) is 0 Å². The number of benzene rings is 2. The molecule has 0 aliphatic heterocycles. The first-order valence-electron chi connectivity index (χ1n) is 10.2. The van der Waals surface area contributed by atoms with Crippen molar-refractivity contribution in [1.29, 1.82) is 0 Å². The van der Waals surface area contributed by atoms with Gasteiger partial charge < -0.3 is 15.5 Å². The minimum Gasteiger partial charge on any atom is -0.393 e. The molecule has 2 aliphatic carbocycles. The van der Waals surface area contributed by atoms with Gasteiger partial charge >= 0.3 is 0 Å². The minimum absolute atomic E-state index is 0.0378. The number of carbonyl (C=O) groups excluding carboxylic acids is 1. The van der Waals surface area contributed by atoms with E-state index >= 15 is 0 Å². The normalized spacial score (nSPS) is 26.5. The molecule has 11 heteroatoms. The van der Waals surface area contributed by atoms with Gasteiger partial charge in [0.15, 0.2) is 27.3 Å². The van der Waals surface area contributed by atoms with E-state index in [1.165, 1.54) is 12.1 Å². The van der Waals surface area contributed by atoms with Crippen LogP contribution < -0.4 is 5.32 Å². The van der Waals surface area contributed by atoms with E-state index in [9.17, 15) is 36.6 Å². The van der Waals surface area contributed by atoms with E-state index in [1.807, 2.05) is 0 Å². The Morgan fingerprint density at radius 2 is 1.73 bits per heavy atom. The van der Waals surface area contributed by atoms with Gasteiger partial charge in [-0.1, -0.05) is 11.6 Å². The summed E-state index contributed by atoms with van der Waals surface area (Å²) in [6.07, 6.45) is 1.42. The number of nitrogens with one attached hydrogen (secondary N) is 1. The molecule has 0 radical (unpaired) electrons. The van der Waals surface area contributed by atoms with E-state index in [1.54, 1.807) is 0 Å². The zero-order chi connectivity index (χ0) is 24.1. The van der Waals surface area contributed by atoms with Gasteiger partial charge in [0.1, 0.15) is 0 Å². The van der Waals surface area contributed by atoms with E-state index in [4.69, 9.17) is 11.6 Å².